The summed E-state index contributed by atoms with van der Waals surface area (Å²) in [5, 5.41) is 11.2. The van der Waals surface area contributed by atoms with Crippen LogP contribution in [0.4, 0.5) is 0 Å². The quantitative estimate of drug-likeness (QED) is 0.792. The highest BCUT2D eigenvalue weighted by molar-refractivity contribution is 5.94. The maximum absolute atomic E-state index is 11.8. The number of aliphatic carboxylic acids is 1. The van der Waals surface area contributed by atoms with Crippen LogP contribution >= 0.6 is 0 Å². The zero-order valence-corrected chi connectivity index (χ0v) is 10.3. The fourth-order valence-corrected chi connectivity index (χ4v) is 1.45. The highest BCUT2D eigenvalue weighted by atomic mass is 16.4. The van der Waals surface area contributed by atoms with Gasteiger partial charge >= 0.3 is 5.97 Å². The van der Waals surface area contributed by atoms with Gasteiger partial charge in [0.2, 0.25) is 5.56 Å². The largest absolute Gasteiger partial charge is 0.481 e. The Morgan fingerprint density at radius 1 is 1.44 bits per heavy atom. The summed E-state index contributed by atoms with van der Waals surface area (Å²) in [7, 11) is 1.56. The molecule has 1 amide bonds. The summed E-state index contributed by atoms with van der Waals surface area (Å²) in [6.45, 7) is 1.74. The molecule has 1 atom stereocenters. The Labute approximate surface area is 104 Å². The number of carboxylic acids is 1. The van der Waals surface area contributed by atoms with Crippen molar-refractivity contribution in [2.24, 2.45) is 7.05 Å². The van der Waals surface area contributed by atoms with Crippen molar-refractivity contribution in [2.45, 2.75) is 25.8 Å². The van der Waals surface area contributed by atoms with Crippen LogP contribution < -0.4 is 10.9 Å². The van der Waals surface area contributed by atoms with E-state index in [2.05, 4.69) is 5.32 Å². The normalized spacial score (nSPS) is 11.9. The van der Waals surface area contributed by atoms with Gasteiger partial charge in [0.05, 0.1) is 5.56 Å². The second kappa shape index (κ2) is 6.00. The van der Waals surface area contributed by atoms with Crippen molar-refractivity contribution in [3.8, 4) is 0 Å². The minimum Gasteiger partial charge on any atom is -0.481 e. The second-order valence-electron chi connectivity index (χ2n) is 4.17. The molecule has 0 spiro atoms. The monoisotopic (exact) mass is 252 g/mol. The summed E-state index contributed by atoms with van der Waals surface area (Å²) in [6, 6.07) is 2.53. The van der Waals surface area contributed by atoms with Crippen LogP contribution in [0.2, 0.25) is 0 Å². The second-order valence-corrected chi connectivity index (χ2v) is 4.17. The first-order valence-corrected chi connectivity index (χ1v) is 5.59. The number of pyridine rings is 1. The van der Waals surface area contributed by atoms with E-state index in [0.29, 0.717) is 12.0 Å². The molecule has 0 saturated carbocycles. The van der Waals surface area contributed by atoms with Crippen LogP contribution in [0.15, 0.2) is 23.1 Å². The van der Waals surface area contributed by atoms with E-state index < -0.39 is 5.97 Å². The third-order valence-corrected chi connectivity index (χ3v) is 2.52. The molecule has 0 aliphatic heterocycles. The van der Waals surface area contributed by atoms with E-state index in [-0.39, 0.29) is 23.9 Å². The maximum atomic E-state index is 11.8. The van der Waals surface area contributed by atoms with Crippen molar-refractivity contribution in [3.63, 3.8) is 0 Å². The fourth-order valence-electron chi connectivity index (χ4n) is 1.45. The smallest absolute Gasteiger partial charge is 0.303 e. The first kappa shape index (κ1) is 14.0. The Balaban J connectivity index is 2.62. The predicted octanol–water partition coefficient (Wildman–Crippen LogP) is 0.368. The summed E-state index contributed by atoms with van der Waals surface area (Å²) in [6.07, 6.45) is 1.82. The molecule has 2 N–H and O–H groups in total. The lowest BCUT2D eigenvalue weighted by Gasteiger charge is -2.13. The molecule has 0 bridgehead atoms. The van der Waals surface area contributed by atoms with Crippen LogP contribution in [0.5, 0.6) is 0 Å². The minimum atomic E-state index is -0.891. The first-order valence-electron chi connectivity index (χ1n) is 5.59. The number of amides is 1. The number of aryl methyl sites for hydroxylation is 1. The summed E-state index contributed by atoms with van der Waals surface area (Å²) in [5.74, 6) is -1.21. The standard InChI is InChI=1S/C12H16N2O4/c1-8(3-6-11(16)17)13-12(18)9-4-5-10(15)14(2)7-9/h4-5,7-8H,3,6H2,1-2H3,(H,13,18)(H,16,17). The molecule has 18 heavy (non-hydrogen) atoms. The SMILES string of the molecule is CC(CCC(=O)O)NC(=O)c1ccc(=O)n(C)c1. The van der Waals surface area contributed by atoms with Crippen molar-refractivity contribution in [1.29, 1.82) is 0 Å². The van der Waals surface area contributed by atoms with Gasteiger partial charge in [-0.15, -0.1) is 0 Å². The number of hydrogen-bond donors (Lipinski definition) is 2. The number of hydrogen-bond acceptors (Lipinski definition) is 3. The average Bonchev–Trinajstić information content (AvgIpc) is 2.30. The summed E-state index contributed by atoms with van der Waals surface area (Å²) in [4.78, 5) is 33.3. The van der Waals surface area contributed by atoms with Crippen molar-refractivity contribution >= 4 is 11.9 Å². The number of carboxylic acid groups (broad SMARTS) is 1. The zero-order chi connectivity index (χ0) is 13.7. The van der Waals surface area contributed by atoms with E-state index in [1.165, 1.54) is 22.9 Å². The molecule has 6 heteroatoms. The van der Waals surface area contributed by atoms with E-state index in [1.807, 2.05) is 0 Å². The van der Waals surface area contributed by atoms with Crippen LogP contribution in [-0.2, 0) is 11.8 Å². The number of nitrogens with zero attached hydrogens (tertiary/aromatic N) is 1. The van der Waals surface area contributed by atoms with E-state index in [4.69, 9.17) is 5.11 Å². The lowest BCUT2D eigenvalue weighted by atomic mass is 10.1. The number of rotatable bonds is 5. The van der Waals surface area contributed by atoms with Gasteiger partial charge in [0.25, 0.3) is 5.91 Å². The number of carbonyl (C=O) groups excluding carboxylic acids is 1. The van der Waals surface area contributed by atoms with E-state index in [9.17, 15) is 14.4 Å². The maximum Gasteiger partial charge on any atom is 0.303 e. The Kier molecular flexibility index (Phi) is 4.65. The molecule has 0 fully saturated rings. The third-order valence-electron chi connectivity index (χ3n) is 2.52. The minimum absolute atomic E-state index is 0.00865. The van der Waals surface area contributed by atoms with E-state index in [0.717, 1.165) is 0 Å². The Morgan fingerprint density at radius 3 is 2.67 bits per heavy atom. The third kappa shape index (κ3) is 4.04. The van der Waals surface area contributed by atoms with Gasteiger partial charge in [0.15, 0.2) is 0 Å². The van der Waals surface area contributed by atoms with Crippen molar-refractivity contribution in [3.05, 3.63) is 34.2 Å². The van der Waals surface area contributed by atoms with Gasteiger partial charge in [-0.1, -0.05) is 0 Å². The topological polar surface area (TPSA) is 88.4 Å². The van der Waals surface area contributed by atoms with Gasteiger partial charge in [-0.05, 0) is 19.4 Å². The Bertz CT molecular complexity index is 507. The molecular weight excluding hydrogens is 236 g/mol. The summed E-state index contributed by atoms with van der Waals surface area (Å²) in [5.41, 5.74) is 0.185. The molecule has 6 nitrogen and oxygen atoms in total. The fraction of sp³-hybridized carbons (Fsp3) is 0.417. The van der Waals surface area contributed by atoms with E-state index >= 15 is 0 Å². The van der Waals surface area contributed by atoms with Gasteiger partial charge in [-0.3, -0.25) is 14.4 Å². The molecule has 1 aromatic heterocycles. The lowest BCUT2D eigenvalue weighted by molar-refractivity contribution is -0.137. The highest BCUT2D eigenvalue weighted by Gasteiger charge is 2.11. The molecule has 0 aliphatic rings. The number of carbonyl (C=O) groups is 2. The van der Waals surface area contributed by atoms with Gasteiger partial charge in [0, 0.05) is 31.8 Å². The van der Waals surface area contributed by atoms with Crippen LogP contribution in [-0.4, -0.2) is 27.6 Å². The first-order chi connectivity index (χ1) is 8.40. The van der Waals surface area contributed by atoms with Crippen LogP contribution in [0.3, 0.4) is 0 Å². The summed E-state index contributed by atoms with van der Waals surface area (Å²) < 4.78 is 1.32. The Hall–Kier alpha value is -2.11. The molecule has 0 saturated heterocycles. The van der Waals surface area contributed by atoms with Crippen molar-refractivity contribution < 1.29 is 14.7 Å². The average molecular weight is 252 g/mol. The Morgan fingerprint density at radius 2 is 2.11 bits per heavy atom. The zero-order valence-electron chi connectivity index (χ0n) is 10.3. The van der Waals surface area contributed by atoms with Crippen LogP contribution in [0, 0.1) is 0 Å². The summed E-state index contributed by atoms with van der Waals surface area (Å²) >= 11 is 0. The molecule has 1 aromatic rings. The molecule has 0 aliphatic carbocycles. The van der Waals surface area contributed by atoms with E-state index in [1.54, 1.807) is 14.0 Å². The predicted molar refractivity (Wildman–Crippen MR) is 65.5 cm³/mol. The molecule has 0 aromatic carbocycles. The lowest BCUT2D eigenvalue weighted by Crippen LogP contribution is -2.33. The molecule has 98 valence electrons. The van der Waals surface area contributed by atoms with Gasteiger partial charge < -0.3 is 15.0 Å². The number of nitrogens with one attached hydrogen (secondary N) is 1. The number of aromatic nitrogens is 1. The van der Waals surface area contributed by atoms with Gasteiger partial charge in [-0.25, -0.2) is 0 Å². The molecule has 1 rings (SSSR count). The van der Waals surface area contributed by atoms with Crippen molar-refractivity contribution in [2.75, 3.05) is 0 Å². The molecular formula is C12H16N2O4. The van der Waals surface area contributed by atoms with Crippen LogP contribution in [0.25, 0.3) is 0 Å². The molecule has 1 heterocycles. The van der Waals surface area contributed by atoms with Crippen LogP contribution in [0.1, 0.15) is 30.1 Å². The molecule has 1 unspecified atom stereocenters. The highest BCUT2D eigenvalue weighted by Crippen LogP contribution is 2.00. The van der Waals surface area contributed by atoms with Gasteiger partial charge in [0.1, 0.15) is 0 Å². The molecule has 0 radical (unpaired) electrons. The van der Waals surface area contributed by atoms with Crippen molar-refractivity contribution in [1.82, 2.24) is 9.88 Å². The van der Waals surface area contributed by atoms with Gasteiger partial charge in [-0.2, -0.15) is 0 Å².